The first kappa shape index (κ1) is 13.8. The minimum Gasteiger partial charge on any atom is -0.303 e. The van der Waals surface area contributed by atoms with Crippen LogP contribution in [0, 0.1) is 11.6 Å². The van der Waals surface area contributed by atoms with Crippen molar-refractivity contribution in [2.75, 3.05) is 6.26 Å². The SMILES string of the molecule is CC(CC=O)c1cc(F)cc(S(C)(=O)=O)c1F. The third-order valence-electron chi connectivity index (χ3n) is 2.41. The summed E-state index contributed by atoms with van der Waals surface area (Å²) in [5.41, 5.74) is -0.0995. The molecule has 0 aromatic heterocycles. The number of halogens is 2. The van der Waals surface area contributed by atoms with Crippen LogP contribution in [0.15, 0.2) is 17.0 Å². The monoisotopic (exact) mass is 262 g/mol. The Morgan fingerprint density at radius 3 is 2.41 bits per heavy atom. The maximum Gasteiger partial charge on any atom is 0.178 e. The van der Waals surface area contributed by atoms with Crippen LogP contribution in [0.4, 0.5) is 8.78 Å². The molecular formula is C11H12F2O3S. The molecule has 1 rings (SSSR count). The van der Waals surface area contributed by atoms with Crippen molar-refractivity contribution in [1.82, 2.24) is 0 Å². The van der Waals surface area contributed by atoms with Crippen LogP contribution in [0.5, 0.6) is 0 Å². The molecular weight excluding hydrogens is 250 g/mol. The first-order valence-electron chi connectivity index (χ1n) is 4.90. The smallest absolute Gasteiger partial charge is 0.178 e. The average Bonchev–Trinajstić information content (AvgIpc) is 2.19. The fraction of sp³-hybridized carbons (Fsp3) is 0.364. The lowest BCUT2D eigenvalue weighted by Crippen LogP contribution is -2.07. The Morgan fingerprint density at radius 1 is 1.35 bits per heavy atom. The van der Waals surface area contributed by atoms with Crippen molar-refractivity contribution in [3.8, 4) is 0 Å². The molecule has 0 bridgehead atoms. The molecule has 17 heavy (non-hydrogen) atoms. The summed E-state index contributed by atoms with van der Waals surface area (Å²) < 4.78 is 49.6. The maximum absolute atomic E-state index is 13.9. The first-order valence-corrected chi connectivity index (χ1v) is 6.79. The Bertz CT molecular complexity index is 538. The summed E-state index contributed by atoms with van der Waals surface area (Å²) in [4.78, 5) is 9.66. The van der Waals surface area contributed by atoms with Gasteiger partial charge in [-0.15, -0.1) is 0 Å². The minimum absolute atomic E-state index is 0.00355. The molecule has 94 valence electrons. The molecule has 0 fully saturated rings. The number of carbonyl (C=O) groups excluding carboxylic acids is 1. The van der Waals surface area contributed by atoms with Crippen molar-refractivity contribution in [2.24, 2.45) is 0 Å². The van der Waals surface area contributed by atoms with Crippen LogP contribution in [0.25, 0.3) is 0 Å². The fourth-order valence-electron chi connectivity index (χ4n) is 1.48. The van der Waals surface area contributed by atoms with Gasteiger partial charge in [-0.05, 0) is 23.6 Å². The predicted molar refractivity (Wildman–Crippen MR) is 58.6 cm³/mol. The van der Waals surface area contributed by atoms with E-state index in [-0.39, 0.29) is 12.0 Å². The number of benzene rings is 1. The Balaban J connectivity index is 3.43. The third-order valence-corrected chi connectivity index (χ3v) is 3.51. The first-order chi connectivity index (χ1) is 7.77. The lowest BCUT2D eigenvalue weighted by molar-refractivity contribution is -0.108. The van der Waals surface area contributed by atoms with Crippen LogP contribution in [-0.2, 0) is 14.6 Å². The summed E-state index contributed by atoms with van der Waals surface area (Å²) in [6.45, 7) is 1.53. The molecule has 0 aliphatic rings. The Labute approximate surface area is 98.4 Å². The molecule has 0 radical (unpaired) electrons. The van der Waals surface area contributed by atoms with E-state index in [1.807, 2.05) is 0 Å². The summed E-state index contributed by atoms with van der Waals surface area (Å²) in [5.74, 6) is -2.38. The summed E-state index contributed by atoms with van der Waals surface area (Å²) in [6, 6.07) is 1.56. The molecule has 1 aromatic carbocycles. The van der Waals surface area contributed by atoms with Gasteiger partial charge in [0.2, 0.25) is 0 Å². The zero-order valence-corrected chi connectivity index (χ0v) is 10.2. The molecule has 6 heteroatoms. The number of rotatable bonds is 4. The van der Waals surface area contributed by atoms with Gasteiger partial charge in [-0.25, -0.2) is 17.2 Å². The summed E-state index contributed by atoms with van der Waals surface area (Å²) in [5, 5.41) is 0. The van der Waals surface area contributed by atoms with Crippen molar-refractivity contribution in [1.29, 1.82) is 0 Å². The molecule has 3 nitrogen and oxygen atoms in total. The highest BCUT2D eigenvalue weighted by molar-refractivity contribution is 7.90. The van der Waals surface area contributed by atoms with Crippen molar-refractivity contribution in [2.45, 2.75) is 24.2 Å². The maximum atomic E-state index is 13.9. The normalized spacial score (nSPS) is 13.4. The molecule has 0 saturated heterocycles. The highest BCUT2D eigenvalue weighted by Gasteiger charge is 2.21. The molecule has 1 aromatic rings. The van der Waals surface area contributed by atoms with Gasteiger partial charge in [0, 0.05) is 12.7 Å². The highest BCUT2D eigenvalue weighted by Crippen LogP contribution is 2.27. The van der Waals surface area contributed by atoms with E-state index in [1.54, 1.807) is 0 Å². The van der Waals surface area contributed by atoms with Gasteiger partial charge in [0.1, 0.15) is 22.8 Å². The lowest BCUT2D eigenvalue weighted by Gasteiger charge is -2.12. The third kappa shape index (κ3) is 3.09. The van der Waals surface area contributed by atoms with Crippen molar-refractivity contribution in [3.05, 3.63) is 29.3 Å². The number of hydrogen-bond acceptors (Lipinski definition) is 3. The van der Waals surface area contributed by atoms with Gasteiger partial charge in [-0.1, -0.05) is 6.92 Å². The van der Waals surface area contributed by atoms with E-state index >= 15 is 0 Å². The molecule has 1 unspecified atom stereocenters. The zero-order valence-electron chi connectivity index (χ0n) is 9.41. The summed E-state index contributed by atoms with van der Waals surface area (Å²) in [7, 11) is -3.83. The van der Waals surface area contributed by atoms with E-state index in [1.165, 1.54) is 6.92 Å². The van der Waals surface area contributed by atoms with Crippen LogP contribution in [-0.4, -0.2) is 21.0 Å². The molecule has 0 saturated carbocycles. The van der Waals surface area contributed by atoms with E-state index < -0.39 is 32.3 Å². The van der Waals surface area contributed by atoms with Crippen LogP contribution in [0.1, 0.15) is 24.8 Å². The molecule has 0 aliphatic carbocycles. The number of sulfone groups is 1. The van der Waals surface area contributed by atoms with Crippen molar-refractivity contribution >= 4 is 16.1 Å². The van der Waals surface area contributed by atoms with Crippen LogP contribution in [0.3, 0.4) is 0 Å². The van der Waals surface area contributed by atoms with E-state index in [9.17, 15) is 22.0 Å². The Morgan fingerprint density at radius 2 is 1.94 bits per heavy atom. The van der Waals surface area contributed by atoms with Crippen LogP contribution < -0.4 is 0 Å². The van der Waals surface area contributed by atoms with E-state index in [2.05, 4.69) is 0 Å². The topological polar surface area (TPSA) is 51.2 Å². The van der Waals surface area contributed by atoms with Gasteiger partial charge in [-0.2, -0.15) is 0 Å². The number of aldehydes is 1. The van der Waals surface area contributed by atoms with Gasteiger partial charge in [0.05, 0.1) is 0 Å². The molecule has 0 spiro atoms. The molecule has 0 amide bonds. The van der Waals surface area contributed by atoms with E-state index in [0.717, 1.165) is 12.3 Å². The van der Waals surface area contributed by atoms with Crippen molar-refractivity contribution < 1.29 is 22.0 Å². The number of carbonyl (C=O) groups is 1. The van der Waals surface area contributed by atoms with Crippen molar-refractivity contribution in [3.63, 3.8) is 0 Å². The van der Waals surface area contributed by atoms with Gasteiger partial charge >= 0.3 is 0 Å². The molecule has 0 aliphatic heterocycles. The van der Waals surface area contributed by atoms with Gasteiger partial charge in [-0.3, -0.25) is 0 Å². The standard InChI is InChI=1S/C11H12F2O3S/c1-7(3-4-14)9-5-8(12)6-10(11(9)13)17(2,15)16/h4-7H,3H2,1-2H3. The van der Waals surface area contributed by atoms with Gasteiger partial charge in [0.25, 0.3) is 0 Å². The Kier molecular flexibility index (Phi) is 3.98. The predicted octanol–water partition coefficient (Wildman–Crippen LogP) is 2.06. The summed E-state index contributed by atoms with van der Waals surface area (Å²) >= 11 is 0. The van der Waals surface area contributed by atoms with Crippen LogP contribution in [0.2, 0.25) is 0 Å². The molecule has 0 heterocycles. The average molecular weight is 262 g/mol. The second-order valence-electron chi connectivity index (χ2n) is 3.88. The Hall–Kier alpha value is -1.30. The molecule has 0 N–H and O–H groups in total. The van der Waals surface area contributed by atoms with Gasteiger partial charge in [0.15, 0.2) is 9.84 Å². The lowest BCUT2D eigenvalue weighted by atomic mass is 9.98. The molecule has 1 atom stereocenters. The van der Waals surface area contributed by atoms with Crippen LogP contribution >= 0.6 is 0 Å². The second-order valence-corrected chi connectivity index (χ2v) is 5.87. The zero-order chi connectivity index (χ0) is 13.2. The second kappa shape index (κ2) is 4.91. The number of hydrogen-bond donors (Lipinski definition) is 0. The summed E-state index contributed by atoms with van der Waals surface area (Å²) in [6.07, 6.45) is 1.39. The van der Waals surface area contributed by atoms with E-state index in [0.29, 0.717) is 12.4 Å². The fourth-order valence-corrected chi connectivity index (χ4v) is 2.25. The van der Waals surface area contributed by atoms with E-state index in [4.69, 9.17) is 0 Å². The minimum atomic E-state index is -3.83. The quantitative estimate of drug-likeness (QED) is 0.780. The largest absolute Gasteiger partial charge is 0.303 e. The highest BCUT2D eigenvalue weighted by atomic mass is 32.2. The van der Waals surface area contributed by atoms with Gasteiger partial charge < -0.3 is 4.79 Å².